The highest BCUT2D eigenvalue weighted by Crippen LogP contribution is 2.18. The molecule has 0 spiro atoms. The van der Waals surface area contributed by atoms with Gasteiger partial charge in [0.25, 0.3) is 5.91 Å². The first-order valence-corrected chi connectivity index (χ1v) is 7.54. The molecule has 2 N–H and O–H groups in total. The van der Waals surface area contributed by atoms with Gasteiger partial charge in [0.05, 0.1) is 0 Å². The van der Waals surface area contributed by atoms with Crippen LogP contribution in [-0.2, 0) is 10.1 Å². The van der Waals surface area contributed by atoms with Gasteiger partial charge in [0, 0.05) is 29.9 Å². The van der Waals surface area contributed by atoms with Crippen LogP contribution < -0.4 is 10.6 Å². The fourth-order valence-corrected chi connectivity index (χ4v) is 2.26. The second-order valence-electron chi connectivity index (χ2n) is 4.64. The summed E-state index contributed by atoms with van der Waals surface area (Å²) >= 11 is 3.36. The topological polar surface area (TPSA) is 58.2 Å². The quantitative estimate of drug-likeness (QED) is 0.786. The van der Waals surface area contributed by atoms with E-state index in [1.807, 2.05) is 18.2 Å². The number of nitrogens with one attached hydrogen (secondary N) is 2. The van der Waals surface area contributed by atoms with Gasteiger partial charge in [-0.1, -0.05) is 34.1 Å². The lowest BCUT2D eigenvalue weighted by Crippen LogP contribution is -2.32. The largest absolute Gasteiger partial charge is 0.353 e. The standard InChI is InChI=1S/C14H17BrN2O2/c15-9-10-3-1-2-4-12(10)14(19)16-8-7-13(18)17-11-5-6-11/h1-4,11H,5-9H2,(H,16,19)(H,17,18). The zero-order valence-electron chi connectivity index (χ0n) is 10.6. The highest BCUT2D eigenvalue weighted by Gasteiger charge is 2.22. The van der Waals surface area contributed by atoms with Crippen molar-refractivity contribution >= 4 is 27.7 Å². The molecule has 19 heavy (non-hydrogen) atoms. The Labute approximate surface area is 121 Å². The Morgan fingerprint density at radius 3 is 2.68 bits per heavy atom. The average Bonchev–Trinajstić information content (AvgIpc) is 3.22. The number of halogens is 1. The Morgan fingerprint density at radius 2 is 2.00 bits per heavy atom. The first kappa shape index (κ1) is 14.1. The summed E-state index contributed by atoms with van der Waals surface area (Å²) in [6.45, 7) is 0.369. The number of hydrogen-bond donors (Lipinski definition) is 2. The molecule has 4 nitrogen and oxygen atoms in total. The molecular formula is C14H17BrN2O2. The fraction of sp³-hybridized carbons (Fsp3) is 0.429. The lowest BCUT2D eigenvalue weighted by molar-refractivity contribution is -0.121. The monoisotopic (exact) mass is 324 g/mol. The Morgan fingerprint density at radius 1 is 1.26 bits per heavy atom. The van der Waals surface area contributed by atoms with E-state index in [1.165, 1.54) is 0 Å². The summed E-state index contributed by atoms with van der Waals surface area (Å²) in [5.41, 5.74) is 1.60. The predicted octanol–water partition coefficient (Wildman–Crippen LogP) is 1.98. The zero-order valence-corrected chi connectivity index (χ0v) is 12.2. The van der Waals surface area contributed by atoms with E-state index in [4.69, 9.17) is 0 Å². The minimum Gasteiger partial charge on any atom is -0.353 e. The summed E-state index contributed by atoms with van der Waals surface area (Å²) in [7, 11) is 0. The Kier molecular flexibility index (Phi) is 4.96. The van der Waals surface area contributed by atoms with Crippen LogP contribution in [-0.4, -0.2) is 24.4 Å². The summed E-state index contributed by atoms with van der Waals surface area (Å²) < 4.78 is 0. The van der Waals surface area contributed by atoms with Crippen LogP contribution >= 0.6 is 15.9 Å². The first-order chi connectivity index (χ1) is 9.20. The Balaban J connectivity index is 1.78. The minimum absolute atomic E-state index is 0.0107. The van der Waals surface area contributed by atoms with E-state index in [0.29, 0.717) is 29.9 Å². The van der Waals surface area contributed by atoms with E-state index in [-0.39, 0.29) is 11.8 Å². The number of amides is 2. The molecule has 0 bridgehead atoms. The molecule has 2 rings (SSSR count). The molecule has 0 aromatic heterocycles. The third-order valence-electron chi connectivity index (χ3n) is 2.99. The number of rotatable bonds is 6. The molecule has 5 heteroatoms. The molecule has 0 atom stereocenters. The van der Waals surface area contributed by atoms with Gasteiger partial charge in [-0.2, -0.15) is 0 Å². The smallest absolute Gasteiger partial charge is 0.251 e. The van der Waals surface area contributed by atoms with E-state index < -0.39 is 0 Å². The van der Waals surface area contributed by atoms with Crippen molar-refractivity contribution in [3.63, 3.8) is 0 Å². The van der Waals surface area contributed by atoms with Gasteiger partial charge in [-0.15, -0.1) is 0 Å². The van der Waals surface area contributed by atoms with Crippen LogP contribution in [0.4, 0.5) is 0 Å². The highest BCUT2D eigenvalue weighted by atomic mass is 79.9. The van der Waals surface area contributed by atoms with Gasteiger partial charge in [0.1, 0.15) is 0 Å². The number of carbonyl (C=O) groups is 2. The van der Waals surface area contributed by atoms with Crippen LogP contribution in [0.1, 0.15) is 35.2 Å². The lowest BCUT2D eigenvalue weighted by Gasteiger charge is -2.08. The summed E-state index contributed by atoms with van der Waals surface area (Å²) in [5.74, 6) is -0.120. The number of alkyl halides is 1. The van der Waals surface area contributed by atoms with E-state index >= 15 is 0 Å². The van der Waals surface area contributed by atoms with Gasteiger partial charge >= 0.3 is 0 Å². The van der Waals surface area contributed by atoms with E-state index in [9.17, 15) is 9.59 Å². The number of carbonyl (C=O) groups excluding carboxylic acids is 2. The van der Waals surface area contributed by atoms with Gasteiger partial charge in [-0.05, 0) is 24.5 Å². The average molecular weight is 325 g/mol. The molecule has 1 fully saturated rings. The maximum atomic E-state index is 12.0. The maximum Gasteiger partial charge on any atom is 0.251 e. The predicted molar refractivity (Wildman–Crippen MR) is 77.2 cm³/mol. The van der Waals surface area contributed by atoms with Crippen molar-refractivity contribution in [1.82, 2.24) is 10.6 Å². The van der Waals surface area contributed by atoms with Crippen molar-refractivity contribution in [3.05, 3.63) is 35.4 Å². The summed E-state index contributed by atoms with van der Waals surface area (Å²) in [5, 5.41) is 6.31. The summed E-state index contributed by atoms with van der Waals surface area (Å²) in [6.07, 6.45) is 2.49. The number of hydrogen-bond acceptors (Lipinski definition) is 2. The van der Waals surface area contributed by atoms with Crippen LogP contribution in [0.15, 0.2) is 24.3 Å². The SMILES string of the molecule is O=C(CCNC(=O)c1ccccc1CBr)NC1CC1. The highest BCUT2D eigenvalue weighted by molar-refractivity contribution is 9.08. The third-order valence-corrected chi connectivity index (χ3v) is 3.59. The fourth-order valence-electron chi connectivity index (χ4n) is 1.77. The molecular weight excluding hydrogens is 308 g/mol. The van der Waals surface area contributed by atoms with Crippen LogP contribution in [0.25, 0.3) is 0 Å². The second-order valence-corrected chi connectivity index (χ2v) is 5.20. The summed E-state index contributed by atoms with van der Waals surface area (Å²) in [4.78, 5) is 23.4. The van der Waals surface area contributed by atoms with Crippen molar-refractivity contribution < 1.29 is 9.59 Å². The normalized spacial score (nSPS) is 13.9. The van der Waals surface area contributed by atoms with E-state index in [2.05, 4.69) is 26.6 Å². The Hall–Kier alpha value is -1.36. The van der Waals surface area contributed by atoms with Gasteiger partial charge < -0.3 is 10.6 Å². The summed E-state index contributed by atoms with van der Waals surface area (Å²) in [6, 6.07) is 7.80. The van der Waals surface area contributed by atoms with Crippen molar-refractivity contribution in [2.45, 2.75) is 30.6 Å². The molecule has 0 aliphatic heterocycles. The van der Waals surface area contributed by atoms with Crippen LogP contribution in [0.5, 0.6) is 0 Å². The van der Waals surface area contributed by atoms with Gasteiger partial charge in [0.15, 0.2) is 0 Å². The first-order valence-electron chi connectivity index (χ1n) is 6.42. The molecule has 1 aromatic carbocycles. The van der Waals surface area contributed by atoms with Crippen molar-refractivity contribution in [1.29, 1.82) is 0 Å². The second kappa shape index (κ2) is 6.70. The van der Waals surface area contributed by atoms with Crippen LogP contribution in [0.2, 0.25) is 0 Å². The van der Waals surface area contributed by atoms with Gasteiger partial charge in [-0.25, -0.2) is 0 Å². The van der Waals surface area contributed by atoms with Crippen LogP contribution in [0.3, 0.4) is 0 Å². The molecule has 0 unspecified atom stereocenters. The molecule has 1 aliphatic carbocycles. The van der Waals surface area contributed by atoms with E-state index in [1.54, 1.807) is 6.07 Å². The lowest BCUT2D eigenvalue weighted by atomic mass is 10.1. The molecule has 1 aromatic rings. The Bertz CT molecular complexity index is 472. The van der Waals surface area contributed by atoms with Crippen molar-refractivity contribution in [2.24, 2.45) is 0 Å². The van der Waals surface area contributed by atoms with Crippen LogP contribution in [0, 0.1) is 0 Å². The van der Waals surface area contributed by atoms with Gasteiger partial charge in [-0.3, -0.25) is 9.59 Å². The van der Waals surface area contributed by atoms with Crippen molar-refractivity contribution in [2.75, 3.05) is 6.54 Å². The molecule has 0 heterocycles. The zero-order chi connectivity index (χ0) is 13.7. The molecule has 0 saturated heterocycles. The minimum atomic E-state index is -0.130. The molecule has 1 saturated carbocycles. The maximum absolute atomic E-state index is 12.0. The molecule has 1 aliphatic rings. The third kappa shape index (κ3) is 4.35. The molecule has 2 amide bonds. The molecule has 102 valence electrons. The van der Waals surface area contributed by atoms with E-state index in [0.717, 1.165) is 18.4 Å². The van der Waals surface area contributed by atoms with Crippen molar-refractivity contribution in [3.8, 4) is 0 Å². The molecule has 0 radical (unpaired) electrons. The van der Waals surface area contributed by atoms with Gasteiger partial charge in [0.2, 0.25) is 5.91 Å². The number of benzene rings is 1.